The summed E-state index contributed by atoms with van der Waals surface area (Å²) in [5.74, 6) is 1.45. The molecule has 0 aromatic carbocycles. The zero-order valence-corrected chi connectivity index (χ0v) is 14.6. The van der Waals surface area contributed by atoms with Crippen LogP contribution in [0.3, 0.4) is 0 Å². The molecule has 0 unspecified atom stereocenters. The predicted molar refractivity (Wildman–Crippen MR) is 88.8 cm³/mol. The maximum Gasteiger partial charge on any atom is 0.264 e. The molecule has 0 atom stereocenters. The van der Waals surface area contributed by atoms with Crippen molar-refractivity contribution >= 4 is 28.8 Å². The van der Waals surface area contributed by atoms with E-state index in [-0.39, 0.29) is 5.91 Å². The Bertz CT molecular complexity index is 672. The summed E-state index contributed by atoms with van der Waals surface area (Å²) in [6.45, 7) is 5.84. The molecule has 1 fully saturated rings. The van der Waals surface area contributed by atoms with E-state index >= 15 is 0 Å². The van der Waals surface area contributed by atoms with Crippen LogP contribution in [0, 0.1) is 0 Å². The molecular formula is C15H19ClN4O2S. The monoisotopic (exact) mass is 354 g/mol. The fourth-order valence-electron chi connectivity index (χ4n) is 2.62. The quantitative estimate of drug-likeness (QED) is 0.844. The number of thiophene rings is 1. The van der Waals surface area contributed by atoms with E-state index in [2.05, 4.69) is 15.0 Å². The van der Waals surface area contributed by atoms with Gasteiger partial charge in [0.15, 0.2) is 5.82 Å². The van der Waals surface area contributed by atoms with Crippen LogP contribution in [0.1, 0.15) is 34.7 Å². The first-order valence-corrected chi connectivity index (χ1v) is 8.93. The Morgan fingerprint density at radius 2 is 2.22 bits per heavy atom. The van der Waals surface area contributed by atoms with Gasteiger partial charge in [-0.15, -0.1) is 11.3 Å². The van der Waals surface area contributed by atoms with Crippen LogP contribution in [-0.2, 0) is 13.0 Å². The number of rotatable bonds is 4. The van der Waals surface area contributed by atoms with Crippen LogP contribution in [0.15, 0.2) is 16.7 Å². The van der Waals surface area contributed by atoms with Crippen molar-refractivity contribution in [2.75, 3.05) is 26.2 Å². The van der Waals surface area contributed by atoms with Gasteiger partial charge in [-0.25, -0.2) is 0 Å². The van der Waals surface area contributed by atoms with E-state index in [4.69, 9.17) is 16.1 Å². The Kier molecular flexibility index (Phi) is 5.30. The van der Waals surface area contributed by atoms with Gasteiger partial charge in [0, 0.05) is 32.6 Å². The maximum absolute atomic E-state index is 12.5. The highest BCUT2D eigenvalue weighted by molar-refractivity contribution is 7.17. The molecule has 124 valence electrons. The first-order valence-electron chi connectivity index (χ1n) is 7.74. The van der Waals surface area contributed by atoms with E-state index in [1.54, 1.807) is 12.1 Å². The number of aryl methyl sites for hydroxylation is 1. The Morgan fingerprint density at radius 1 is 1.35 bits per heavy atom. The summed E-state index contributed by atoms with van der Waals surface area (Å²) in [4.78, 5) is 21.7. The van der Waals surface area contributed by atoms with Crippen LogP contribution in [0.2, 0.25) is 4.34 Å². The molecule has 1 amide bonds. The number of aromatic nitrogens is 2. The fraction of sp³-hybridized carbons (Fsp3) is 0.533. The van der Waals surface area contributed by atoms with Crippen LogP contribution >= 0.6 is 22.9 Å². The van der Waals surface area contributed by atoms with Crippen molar-refractivity contribution in [2.45, 2.75) is 26.3 Å². The van der Waals surface area contributed by atoms with Crippen LogP contribution in [0.25, 0.3) is 0 Å². The molecule has 0 radical (unpaired) electrons. The number of amides is 1. The van der Waals surface area contributed by atoms with Crippen molar-refractivity contribution in [2.24, 2.45) is 0 Å². The smallest absolute Gasteiger partial charge is 0.264 e. The summed E-state index contributed by atoms with van der Waals surface area (Å²) in [5.41, 5.74) is 0. The van der Waals surface area contributed by atoms with Gasteiger partial charge in [0.25, 0.3) is 5.91 Å². The van der Waals surface area contributed by atoms with Crippen molar-refractivity contribution in [3.05, 3.63) is 33.1 Å². The lowest BCUT2D eigenvalue weighted by Gasteiger charge is -2.20. The van der Waals surface area contributed by atoms with Crippen LogP contribution in [0.5, 0.6) is 0 Å². The highest BCUT2D eigenvalue weighted by Crippen LogP contribution is 2.23. The highest BCUT2D eigenvalue weighted by Gasteiger charge is 2.22. The second kappa shape index (κ2) is 7.42. The molecule has 2 aromatic rings. The van der Waals surface area contributed by atoms with E-state index < -0.39 is 0 Å². The first-order chi connectivity index (χ1) is 11.2. The summed E-state index contributed by atoms with van der Waals surface area (Å²) in [5, 5.41) is 3.99. The molecular weight excluding hydrogens is 336 g/mol. The molecule has 0 aliphatic carbocycles. The third kappa shape index (κ3) is 4.10. The molecule has 1 aliphatic rings. The largest absolute Gasteiger partial charge is 0.339 e. The maximum atomic E-state index is 12.5. The second-order valence-electron chi connectivity index (χ2n) is 5.48. The van der Waals surface area contributed by atoms with Gasteiger partial charge in [-0.05, 0) is 18.6 Å². The molecule has 2 aromatic heterocycles. The third-order valence-corrected chi connectivity index (χ3v) is 5.06. The normalized spacial score (nSPS) is 16.5. The summed E-state index contributed by atoms with van der Waals surface area (Å²) in [7, 11) is 0. The van der Waals surface area contributed by atoms with Gasteiger partial charge in [-0.3, -0.25) is 9.69 Å². The zero-order chi connectivity index (χ0) is 16.2. The second-order valence-corrected chi connectivity index (χ2v) is 7.20. The number of hydrogen-bond donors (Lipinski definition) is 0. The molecule has 1 aliphatic heterocycles. The van der Waals surface area contributed by atoms with Gasteiger partial charge in [0.1, 0.15) is 0 Å². The van der Waals surface area contributed by atoms with Crippen molar-refractivity contribution in [1.82, 2.24) is 19.9 Å². The van der Waals surface area contributed by atoms with E-state index in [0.29, 0.717) is 34.0 Å². The van der Waals surface area contributed by atoms with Crippen LogP contribution in [0.4, 0.5) is 0 Å². The fourth-order valence-corrected chi connectivity index (χ4v) is 3.63. The Hall–Kier alpha value is -1.44. The lowest BCUT2D eigenvalue weighted by atomic mass is 10.3. The molecule has 8 heteroatoms. The van der Waals surface area contributed by atoms with Gasteiger partial charge in [0.2, 0.25) is 5.89 Å². The number of carbonyl (C=O) groups is 1. The van der Waals surface area contributed by atoms with Crippen molar-refractivity contribution in [3.63, 3.8) is 0 Å². The van der Waals surface area contributed by atoms with E-state index in [0.717, 1.165) is 32.5 Å². The molecule has 0 saturated carbocycles. The lowest BCUT2D eigenvalue weighted by molar-refractivity contribution is 0.0766. The molecule has 23 heavy (non-hydrogen) atoms. The molecule has 1 saturated heterocycles. The van der Waals surface area contributed by atoms with Gasteiger partial charge >= 0.3 is 0 Å². The molecule has 6 nitrogen and oxygen atoms in total. The van der Waals surface area contributed by atoms with Crippen LogP contribution in [-0.4, -0.2) is 52.0 Å². The number of carbonyl (C=O) groups excluding carboxylic acids is 1. The van der Waals surface area contributed by atoms with E-state index in [1.807, 2.05) is 11.8 Å². The molecule has 0 N–H and O–H groups in total. The van der Waals surface area contributed by atoms with Crippen LogP contribution < -0.4 is 0 Å². The predicted octanol–water partition coefficient (Wildman–Crippen LogP) is 2.70. The van der Waals surface area contributed by atoms with Crippen molar-refractivity contribution < 1.29 is 9.32 Å². The number of halogens is 1. The van der Waals surface area contributed by atoms with Gasteiger partial charge in [-0.1, -0.05) is 23.7 Å². The Balaban J connectivity index is 1.57. The van der Waals surface area contributed by atoms with Gasteiger partial charge < -0.3 is 9.42 Å². The minimum absolute atomic E-state index is 0.0663. The summed E-state index contributed by atoms with van der Waals surface area (Å²) in [6, 6.07) is 3.56. The molecule has 0 bridgehead atoms. The third-order valence-electron chi connectivity index (χ3n) is 3.84. The SMILES string of the molecule is CCc1nc(CN2CCCN(C(=O)c3ccc(Cl)s3)CC2)no1. The van der Waals surface area contributed by atoms with E-state index in [1.165, 1.54) is 11.3 Å². The summed E-state index contributed by atoms with van der Waals surface area (Å²) in [6.07, 6.45) is 1.68. The van der Waals surface area contributed by atoms with Crippen molar-refractivity contribution in [1.29, 1.82) is 0 Å². The molecule has 3 rings (SSSR count). The van der Waals surface area contributed by atoms with Gasteiger partial charge in [0.05, 0.1) is 15.8 Å². The Morgan fingerprint density at radius 3 is 2.91 bits per heavy atom. The number of hydrogen-bond acceptors (Lipinski definition) is 6. The molecule has 0 spiro atoms. The first kappa shape index (κ1) is 16.4. The average molecular weight is 355 g/mol. The number of nitrogens with zero attached hydrogens (tertiary/aromatic N) is 4. The minimum atomic E-state index is 0.0663. The topological polar surface area (TPSA) is 62.5 Å². The molecule has 3 heterocycles. The summed E-state index contributed by atoms with van der Waals surface area (Å²) < 4.78 is 5.79. The zero-order valence-electron chi connectivity index (χ0n) is 13.0. The Labute approximate surface area is 144 Å². The van der Waals surface area contributed by atoms with Gasteiger partial charge in [-0.2, -0.15) is 4.98 Å². The van der Waals surface area contributed by atoms with Crippen molar-refractivity contribution in [3.8, 4) is 0 Å². The lowest BCUT2D eigenvalue weighted by Crippen LogP contribution is -2.34. The standard InChI is InChI=1S/C15H19ClN4O2S/c1-2-14-17-13(18-22-14)10-19-6-3-7-20(9-8-19)15(21)11-4-5-12(16)23-11/h4-5H,2-3,6-10H2,1H3. The average Bonchev–Trinajstić information content (AvgIpc) is 3.11. The van der Waals surface area contributed by atoms with E-state index in [9.17, 15) is 4.79 Å². The minimum Gasteiger partial charge on any atom is -0.339 e. The summed E-state index contributed by atoms with van der Waals surface area (Å²) >= 11 is 7.25. The highest BCUT2D eigenvalue weighted by atomic mass is 35.5.